The molecule has 20 atom stereocenters. The van der Waals surface area contributed by atoms with Gasteiger partial charge in [-0.25, -0.2) is 30.0 Å². The lowest BCUT2D eigenvalue weighted by Crippen LogP contribution is -2.42. The number of guanidine groups is 1. The molecule has 602 valence electrons. The van der Waals surface area contributed by atoms with Gasteiger partial charge in [0.25, 0.3) is 0 Å². The summed E-state index contributed by atoms with van der Waals surface area (Å²) in [6.45, 7) is 36.2. The van der Waals surface area contributed by atoms with Crippen LogP contribution in [0.2, 0.25) is 0 Å². The van der Waals surface area contributed by atoms with Crippen LogP contribution in [0.4, 0.5) is 0 Å². The highest BCUT2D eigenvalue weighted by Gasteiger charge is 2.51. The monoisotopic (exact) mass is 1710 g/mol. The molecule has 0 saturated carbocycles. The van der Waals surface area contributed by atoms with E-state index >= 15 is 0 Å². The molecule has 10 heterocycles. The van der Waals surface area contributed by atoms with Gasteiger partial charge in [-0.3, -0.25) is 0 Å². The molecule has 0 spiro atoms. The van der Waals surface area contributed by atoms with Gasteiger partial charge in [0.1, 0.15) is 114 Å². The van der Waals surface area contributed by atoms with Gasteiger partial charge in [0.2, 0.25) is 0 Å². The van der Waals surface area contributed by atoms with Gasteiger partial charge in [-0.05, 0) is 165 Å². The zero-order valence-electron chi connectivity index (χ0n) is 63.6. The van der Waals surface area contributed by atoms with Crippen molar-refractivity contribution in [3.63, 3.8) is 0 Å². The molecule has 0 radical (unpaired) electrons. The van der Waals surface area contributed by atoms with Gasteiger partial charge in [0, 0.05) is 41.6 Å². The Kier molecular flexibility index (Phi) is 32.2. The minimum absolute atomic E-state index is 0.240. The summed E-state index contributed by atoms with van der Waals surface area (Å²) in [7, 11) is 0. The van der Waals surface area contributed by atoms with Crippen LogP contribution in [-0.2, 0) is 23.7 Å². The number of hydrazone groups is 1. The lowest BCUT2D eigenvalue weighted by Gasteiger charge is -2.31. The minimum atomic E-state index is -1.21. The second-order valence-corrected chi connectivity index (χ2v) is 54.1. The van der Waals surface area contributed by atoms with Crippen LogP contribution in [0, 0.1) is 0 Å². The highest BCUT2D eigenvalue weighted by Crippen LogP contribution is 2.44. The van der Waals surface area contributed by atoms with E-state index in [0.29, 0.717) is 78.3 Å². The molecule has 5 saturated heterocycles. The number of aliphatic hydroxyl groups is 10. The van der Waals surface area contributed by atoms with Crippen LogP contribution in [0.1, 0.15) is 39.0 Å². The normalized spacial score (nSPS) is 33.2. The SMILES string of the molecule is C=C1N=C(N)C(C)=CN1[C@@H]1O[C@H](CCP(=C)(C)C)[C@@H](O)C1O.C=C1N=C(N)C(I)=CN1[C@@H]1O[C@H](CCP(=C)(C)C)[C@@H](O)C1O.C=C1N=C(N)C=CN1[C@@H]1O[C@H](CCP(=C)(C)C)[C@@H](O)C1O.C=C1N=C(N)C=NN1[C@@H]1O[C@H](CCP(=C)(C)C)[C@@H](O)C1O.C=C1NC(N)=NC=C1[C@@H]1O[C@H](CCP(=C)(C)C)[C@@H](O)C1O. The molecule has 107 heavy (non-hydrogen) atoms. The van der Waals surface area contributed by atoms with E-state index in [0.717, 1.165) is 40.0 Å². The molecule has 21 N–H and O–H groups in total. The molecule has 5 fully saturated rings. The van der Waals surface area contributed by atoms with Crippen LogP contribution in [0.25, 0.3) is 0 Å². The molecule has 37 heteroatoms. The number of aliphatic imine (C=N–C) groups is 5. The summed E-state index contributed by atoms with van der Waals surface area (Å²) in [5, 5.41) is 110. The molecule has 0 bridgehead atoms. The molecular formula is C70H120IN16O15P5. The van der Waals surface area contributed by atoms with E-state index in [1.165, 1.54) is 17.4 Å². The largest absolute Gasteiger partial charge is 0.388 e. The second-order valence-electron chi connectivity index (χ2n) is 31.4. The highest BCUT2D eigenvalue weighted by molar-refractivity contribution is 14.1. The van der Waals surface area contributed by atoms with E-state index in [4.69, 9.17) is 52.4 Å². The highest BCUT2D eigenvalue weighted by atomic mass is 127. The summed E-state index contributed by atoms with van der Waals surface area (Å²) in [5.41, 5.74) is 30.1. The number of aliphatic hydroxyl groups excluding tert-OH is 10. The molecule has 5 unspecified atom stereocenters. The van der Waals surface area contributed by atoms with Gasteiger partial charge in [0.15, 0.2) is 30.9 Å². The first kappa shape index (κ1) is 91.2. The van der Waals surface area contributed by atoms with Crippen molar-refractivity contribution in [2.75, 3.05) is 97.5 Å². The fourth-order valence-electron chi connectivity index (χ4n) is 12.0. The van der Waals surface area contributed by atoms with Crippen LogP contribution in [0.15, 0.2) is 138 Å². The smallest absolute Gasteiger partial charge is 0.197 e. The predicted molar refractivity (Wildman–Crippen MR) is 456 cm³/mol. The third kappa shape index (κ3) is 25.9. The minimum Gasteiger partial charge on any atom is -0.388 e. The number of nitrogens with one attached hydrogen (secondary N) is 1. The van der Waals surface area contributed by atoms with Crippen molar-refractivity contribution in [2.24, 2.45) is 58.7 Å². The molecular weight excluding hydrogens is 1590 g/mol. The maximum atomic E-state index is 10.3. The molecule has 0 aromatic heterocycles. The molecule has 10 aliphatic heterocycles. The Labute approximate surface area is 645 Å². The number of amidine groups is 4. The lowest BCUT2D eigenvalue weighted by atomic mass is 9.99. The summed E-state index contributed by atoms with van der Waals surface area (Å²) < 4.78 is 29.9. The molecule has 0 aromatic carbocycles. The molecule has 0 aromatic rings. The van der Waals surface area contributed by atoms with Crippen molar-refractivity contribution in [3.05, 3.63) is 107 Å². The average Bonchev–Trinajstić information content (AvgIpc) is 1.67. The van der Waals surface area contributed by atoms with Crippen molar-refractivity contribution in [1.82, 2.24) is 25.0 Å². The molecule has 0 aliphatic carbocycles. The summed E-state index contributed by atoms with van der Waals surface area (Å²) in [5.74, 6) is 3.06. The van der Waals surface area contributed by atoms with E-state index in [1.807, 2.05) is 6.92 Å². The van der Waals surface area contributed by atoms with Gasteiger partial charge in [-0.1, -0.05) is 32.9 Å². The Bertz CT molecular complexity index is 3660. The summed E-state index contributed by atoms with van der Waals surface area (Å²) in [4.78, 5) is 25.1. The zero-order valence-corrected chi connectivity index (χ0v) is 70.3. The Morgan fingerprint density at radius 2 is 0.794 bits per heavy atom. The first-order valence-electron chi connectivity index (χ1n) is 34.8. The Morgan fingerprint density at radius 3 is 1.19 bits per heavy atom. The first-order chi connectivity index (χ1) is 49.3. The van der Waals surface area contributed by atoms with Crippen LogP contribution < -0.4 is 34.0 Å². The van der Waals surface area contributed by atoms with Crippen LogP contribution in [0.3, 0.4) is 0 Å². The van der Waals surface area contributed by atoms with Crippen molar-refractivity contribution >= 4 is 124 Å². The van der Waals surface area contributed by atoms with Crippen LogP contribution >= 0.6 is 57.0 Å². The number of nitrogens with zero attached hydrogens (tertiary/aromatic N) is 10. The maximum Gasteiger partial charge on any atom is 0.197 e. The Hall–Kier alpha value is -4.69. The third-order valence-electron chi connectivity index (χ3n) is 18.3. The van der Waals surface area contributed by atoms with Gasteiger partial charge in [-0.2, -0.15) is 5.10 Å². The Balaban J connectivity index is 0.000000209. The maximum absolute atomic E-state index is 10.3. The molecule has 31 nitrogen and oxygen atoms in total. The second kappa shape index (κ2) is 37.8. The average molecular weight is 1710 g/mol. The van der Waals surface area contributed by atoms with Crippen molar-refractivity contribution < 1.29 is 74.7 Å². The standard InChI is InChI=1S/C15H26N3O3P.C14H23IN3O3P.2C14H24N3O3P.C13H23N4O3P/c1-9-8-18(10(2)17-14(9)16)15-13(20)12(19)11(21-15)6-7-22(3,4)5;1-8-17-13(16)9(15)7-18(8)14-12(20)11(19)10(21-14)5-6-22(2,3)4;1-9-16-11(15)5-7-17(9)14-13(19)12(18)10(20-14)6-8-21(2,3)4;1-8-9(7-16-14(15)17-8)13-12(19)11(18)10(20-13)5-6-21(2,3)4;1-8-16-10(14)7-15-17(8)13-12(19)11(18)9(20-13)5-6-21(2,3)4/h8,11-13,15,19-20H,2-3,6-7H2,1,4-5H3,(H2,16,17);7,10-12,14,19-20H,1-2,5-6H2,3-4H3,(H2,16,17);5,7,10,12-14,18-19H,1-2,6,8H2,3-4H3,(H2,15,16);7,10-13,18-19H,1-2,5-6H2,3-4H3,(H3,15,16,17);7,9,11-13,18-19H,1-2,5-6H2,3-4H3,(H2,14,16)/t11-,12-,13?,15-;10-,11-,12?,14-;10-,12-,13?,14-;10-,11-,12?,13+;9-,11-,12?,13-/m11111/s1. The van der Waals surface area contributed by atoms with Gasteiger partial charge in [-0.15, -0.1) is 65.9 Å². The van der Waals surface area contributed by atoms with E-state index in [1.54, 1.807) is 39.4 Å². The van der Waals surface area contributed by atoms with Gasteiger partial charge < -0.3 is 123 Å². The van der Waals surface area contributed by atoms with E-state index < -0.39 is 157 Å². The van der Waals surface area contributed by atoms with Gasteiger partial charge in [0.05, 0.1) is 40.3 Å². The lowest BCUT2D eigenvalue weighted by molar-refractivity contribution is -0.0749. The predicted octanol–water partition coefficient (Wildman–Crippen LogP) is 1.28. The van der Waals surface area contributed by atoms with Crippen LogP contribution in [-0.4, -0.2) is 358 Å². The fraction of sp³-hybridized carbons (Fsp3) is 0.586. The first-order valence-corrected chi connectivity index (χ1v) is 51.1. The van der Waals surface area contributed by atoms with Crippen LogP contribution in [0.5, 0.6) is 0 Å². The number of rotatable bonds is 20. The Morgan fingerprint density at radius 1 is 0.449 bits per heavy atom. The van der Waals surface area contributed by atoms with Gasteiger partial charge >= 0.3 is 0 Å². The van der Waals surface area contributed by atoms with E-state index in [2.05, 4.69) is 189 Å². The number of ether oxygens (including phenoxy) is 5. The molecule has 10 aliphatic rings. The number of hydrogen-bond donors (Lipinski definition) is 16. The number of hydrogen-bond acceptors (Lipinski definition) is 31. The summed E-state index contributed by atoms with van der Waals surface area (Å²) in [6, 6.07) is 0. The summed E-state index contributed by atoms with van der Waals surface area (Å²) in [6.07, 6.45) is 22.7. The fourth-order valence-corrected chi connectivity index (χ4v) is 17.2. The molecule has 0 amide bonds. The third-order valence-corrected chi connectivity index (χ3v) is 26.4. The van der Waals surface area contributed by atoms with Crippen molar-refractivity contribution in [3.8, 4) is 0 Å². The topological polar surface area (TPSA) is 478 Å². The molecule has 10 rings (SSSR count). The van der Waals surface area contributed by atoms with E-state index in [-0.39, 0.29) is 17.6 Å². The van der Waals surface area contributed by atoms with E-state index in [9.17, 15) is 51.1 Å². The number of halogens is 1. The quantitative estimate of drug-likeness (QED) is 0.0603. The summed E-state index contributed by atoms with van der Waals surface area (Å²) >= 11 is 2.06. The number of nitrogens with two attached hydrogens (primary N) is 5. The zero-order chi connectivity index (χ0) is 80.7. The van der Waals surface area contributed by atoms with Crippen molar-refractivity contribution in [1.29, 1.82) is 0 Å². The van der Waals surface area contributed by atoms with Crippen molar-refractivity contribution in [2.45, 2.75) is 162 Å².